The maximum Gasteiger partial charge on any atom is 0.309 e. The predicted molar refractivity (Wildman–Crippen MR) is 69.1 cm³/mol. The van der Waals surface area contributed by atoms with Crippen molar-refractivity contribution in [3.8, 4) is 0 Å². The highest BCUT2D eigenvalue weighted by Gasteiger charge is 2.20. The Labute approximate surface area is 109 Å². The molecule has 0 radical (unpaired) electrons. The highest BCUT2D eigenvalue weighted by molar-refractivity contribution is 6.35. The Morgan fingerprint density at radius 3 is 2.50 bits per heavy atom. The number of ether oxygens (including phenoxy) is 1. The molecule has 0 unspecified atom stereocenters. The molecule has 1 aliphatic carbocycles. The Balaban J connectivity index is 2.06. The number of rotatable bonds is 6. The van der Waals surface area contributed by atoms with E-state index in [0.29, 0.717) is 13.2 Å². The molecule has 5 heteroatoms. The molecule has 0 aromatic carbocycles. The summed E-state index contributed by atoms with van der Waals surface area (Å²) in [5, 5.41) is 5.35. The van der Waals surface area contributed by atoms with Crippen molar-refractivity contribution < 1.29 is 14.3 Å². The topological polar surface area (TPSA) is 67.4 Å². The molecule has 1 saturated carbocycles. The molecular weight excluding hydrogens is 232 g/mol. The number of carbonyl (C=O) groups is 2. The molecule has 0 bridgehead atoms. The Bertz CT molecular complexity index is 273. The van der Waals surface area contributed by atoms with Crippen LogP contribution in [-0.2, 0) is 14.3 Å². The Hall–Kier alpha value is -1.10. The normalized spacial score (nSPS) is 15.9. The Kier molecular flexibility index (Phi) is 6.72. The molecule has 1 rings (SSSR count). The first kappa shape index (κ1) is 15.0. The summed E-state index contributed by atoms with van der Waals surface area (Å²) < 4.78 is 5.34. The molecule has 104 valence electrons. The zero-order chi connectivity index (χ0) is 13.4. The van der Waals surface area contributed by atoms with Crippen LogP contribution in [0.4, 0.5) is 0 Å². The molecule has 0 aromatic heterocycles. The minimum absolute atomic E-state index is 0.188. The van der Waals surface area contributed by atoms with Crippen molar-refractivity contribution in [1.29, 1.82) is 0 Å². The van der Waals surface area contributed by atoms with E-state index in [1.54, 1.807) is 0 Å². The van der Waals surface area contributed by atoms with Gasteiger partial charge in [0.15, 0.2) is 0 Å². The summed E-state index contributed by atoms with van der Waals surface area (Å²) in [6, 6.07) is 0.188. The van der Waals surface area contributed by atoms with Gasteiger partial charge in [0.1, 0.15) is 0 Å². The Morgan fingerprint density at radius 2 is 1.89 bits per heavy atom. The first-order valence-corrected chi connectivity index (χ1v) is 6.80. The van der Waals surface area contributed by atoms with Gasteiger partial charge < -0.3 is 15.4 Å². The van der Waals surface area contributed by atoms with Gasteiger partial charge in [0, 0.05) is 19.2 Å². The molecular formula is C13H24N2O3. The lowest BCUT2D eigenvalue weighted by Crippen LogP contribution is -2.44. The van der Waals surface area contributed by atoms with E-state index in [9.17, 15) is 9.59 Å². The lowest BCUT2D eigenvalue weighted by molar-refractivity contribution is -0.139. The summed E-state index contributed by atoms with van der Waals surface area (Å²) in [4.78, 5) is 23.0. The van der Waals surface area contributed by atoms with Gasteiger partial charge in [-0.3, -0.25) is 9.59 Å². The van der Waals surface area contributed by atoms with Crippen molar-refractivity contribution in [3.63, 3.8) is 0 Å². The molecule has 1 aliphatic rings. The van der Waals surface area contributed by atoms with Crippen molar-refractivity contribution in [3.05, 3.63) is 0 Å². The first-order chi connectivity index (χ1) is 8.59. The second-order valence-electron chi connectivity index (χ2n) is 4.98. The van der Waals surface area contributed by atoms with E-state index < -0.39 is 11.8 Å². The largest absolute Gasteiger partial charge is 0.379 e. The zero-order valence-electron chi connectivity index (χ0n) is 11.3. The van der Waals surface area contributed by atoms with Crippen LogP contribution in [0.1, 0.15) is 46.0 Å². The van der Waals surface area contributed by atoms with Gasteiger partial charge in [-0.25, -0.2) is 0 Å². The number of amides is 2. The lowest BCUT2D eigenvalue weighted by Gasteiger charge is -2.12. The monoisotopic (exact) mass is 256 g/mol. The maximum absolute atomic E-state index is 11.5. The molecule has 1 fully saturated rings. The SMILES string of the molecule is CC(C)OCCCNC(=O)C(=O)NC1CCCC1. The highest BCUT2D eigenvalue weighted by Crippen LogP contribution is 2.17. The number of nitrogens with one attached hydrogen (secondary N) is 2. The van der Waals surface area contributed by atoms with Crippen molar-refractivity contribution in [1.82, 2.24) is 10.6 Å². The molecule has 0 heterocycles. The van der Waals surface area contributed by atoms with Gasteiger partial charge in [-0.15, -0.1) is 0 Å². The van der Waals surface area contributed by atoms with E-state index in [1.807, 2.05) is 13.8 Å². The van der Waals surface area contributed by atoms with Gasteiger partial charge >= 0.3 is 11.8 Å². The molecule has 0 spiro atoms. The summed E-state index contributed by atoms with van der Waals surface area (Å²) in [5.41, 5.74) is 0. The van der Waals surface area contributed by atoms with E-state index in [1.165, 1.54) is 0 Å². The van der Waals surface area contributed by atoms with Crippen LogP contribution in [0.3, 0.4) is 0 Å². The minimum atomic E-state index is -0.536. The van der Waals surface area contributed by atoms with Gasteiger partial charge in [0.2, 0.25) is 0 Å². The van der Waals surface area contributed by atoms with Crippen LogP contribution in [0.15, 0.2) is 0 Å². The zero-order valence-corrected chi connectivity index (χ0v) is 11.3. The van der Waals surface area contributed by atoms with Gasteiger partial charge in [-0.1, -0.05) is 12.8 Å². The van der Waals surface area contributed by atoms with Crippen LogP contribution in [0.5, 0.6) is 0 Å². The molecule has 5 nitrogen and oxygen atoms in total. The average Bonchev–Trinajstić information content (AvgIpc) is 2.80. The smallest absolute Gasteiger partial charge is 0.309 e. The third-order valence-corrected chi connectivity index (χ3v) is 2.95. The van der Waals surface area contributed by atoms with Crippen LogP contribution < -0.4 is 10.6 Å². The standard InChI is InChI=1S/C13H24N2O3/c1-10(2)18-9-5-8-14-12(16)13(17)15-11-6-3-4-7-11/h10-11H,3-9H2,1-2H3,(H,14,16)(H,15,17). The van der Waals surface area contributed by atoms with Crippen LogP contribution in [-0.4, -0.2) is 37.1 Å². The van der Waals surface area contributed by atoms with Crippen molar-refractivity contribution in [2.45, 2.75) is 58.1 Å². The van der Waals surface area contributed by atoms with Gasteiger partial charge in [-0.2, -0.15) is 0 Å². The quantitative estimate of drug-likeness (QED) is 0.550. The molecule has 18 heavy (non-hydrogen) atoms. The van der Waals surface area contributed by atoms with E-state index >= 15 is 0 Å². The average molecular weight is 256 g/mol. The summed E-state index contributed by atoms with van der Waals surface area (Å²) in [7, 11) is 0. The van der Waals surface area contributed by atoms with E-state index in [4.69, 9.17) is 4.74 Å². The van der Waals surface area contributed by atoms with Crippen LogP contribution in [0, 0.1) is 0 Å². The number of hydrogen-bond acceptors (Lipinski definition) is 3. The van der Waals surface area contributed by atoms with Crippen molar-refractivity contribution in [2.75, 3.05) is 13.2 Å². The van der Waals surface area contributed by atoms with Crippen LogP contribution >= 0.6 is 0 Å². The molecule has 0 aromatic rings. The van der Waals surface area contributed by atoms with Gasteiger partial charge in [0.25, 0.3) is 0 Å². The van der Waals surface area contributed by atoms with Crippen molar-refractivity contribution >= 4 is 11.8 Å². The van der Waals surface area contributed by atoms with Crippen LogP contribution in [0.25, 0.3) is 0 Å². The van der Waals surface area contributed by atoms with Crippen LogP contribution in [0.2, 0.25) is 0 Å². The second kappa shape index (κ2) is 8.08. The third-order valence-electron chi connectivity index (χ3n) is 2.95. The molecule has 2 N–H and O–H groups in total. The number of hydrogen-bond donors (Lipinski definition) is 2. The van der Waals surface area contributed by atoms with Gasteiger partial charge in [-0.05, 0) is 33.1 Å². The maximum atomic E-state index is 11.5. The fourth-order valence-corrected chi connectivity index (χ4v) is 1.99. The first-order valence-electron chi connectivity index (χ1n) is 6.80. The summed E-state index contributed by atoms with van der Waals surface area (Å²) in [5.74, 6) is -1.04. The fraction of sp³-hybridized carbons (Fsp3) is 0.846. The molecule has 0 atom stereocenters. The second-order valence-corrected chi connectivity index (χ2v) is 4.98. The molecule has 0 saturated heterocycles. The van der Waals surface area contributed by atoms with Gasteiger partial charge in [0.05, 0.1) is 6.10 Å². The summed E-state index contributed by atoms with van der Waals surface area (Å²) in [6.07, 6.45) is 5.17. The summed E-state index contributed by atoms with van der Waals surface area (Å²) >= 11 is 0. The van der Waals surface area contributed by atoms with E-state index in [0.717, 1.165) is 32.1 Å². The Morgan fingerprint density at radius 1 is 1.22 bits per heavy atom. The third kappa shape index (κ3) is 6.00. The van der Waals surface area contributed by atoms with E-state index in [2.05, 4.69) is 10.6 Å². The predicted octanol–water partition coefficient (Wildman–Crippen LogP) is 0.976. The minimum Gasteiger partial charge on any atom is -0.379 e. The van der Waals surface area contributed by atoms with Crippen molar-refractivity contribution in [2.24, 2.45) is 0 Å². The molecule has 0 aliphatic heterocycles. The summed E-state index contributed by atoms with van der Waals surface area (Å²) in [6.45, 7) is 5.01. The molecule has 2 amide bonds. The highest BCUT2D eigenvalue weighted by atomic mass is 16.5. The van der Waals surface area contributed by atoms with E-state index in [-0.39, 0.29) is 12.1 Å². The number of carbonyl (C=O) groups excluding carboxylic acids is 2. The fourth-order valence-electron chi connectivity index (χ4n) is 1.99. The lowest BCUT2D eigenvalue weighted by atomic mass is 10.2.